The van der Waals surface area contributed by atoms with E-state index < -0.39 is 0 Å². The number of nitrogens with one attached hydrogen (secondary N) is 2. The molecule has 2 fully saturated rings. The van der Waals surface area contributed by atoms with Crippen molar-refractivity contribution in [3.8, 4) is 5.75 Å². The van der Waals surface area contributed by atoms with Crippen molar-refractivity contribution >= 4 is 11.8 Å². The minimum Gasteiger partial charge on any atom is -0.491 e. The summed E-state index contributed by atoms with van der Waals surface area (Å²) in [6, 6.07) is 7.19. The van der Waals surface area contributed by atoms with Gasteiger partial charge < -0.3 is 20.1 Å². The zero-order valence-corrected chi connectivity index (χ0v) is 13.9. The molecule has 2 N–H and O–H groups in total. The minimum atomic E-state index is -0.126. The van der Waals surface area contributed by atoms with Gasteiger partial charge in [-0.1, -0.05) is 6.07 Å². The highest BCUT2D eigenvalue weighted by Crippen LogP contribution is 2.36. The molecule has 1 saturated carbocycles. The summed E-state index contributed by atoms with van der Waals surface area (Å²) in [7, 11) is 1.62. The molecule has 3 rings (SSSR count). The fraction of sp³-hybridized carbons (Fsp3) is 0.556. The molecule has 0 radical (unpaired) electrons. The Hall–Kier alpha value is -2.08. The number of amides is 2. The summed E-state index contributed by atoms with van der Waals surface area (Å²) in [5.41, 5.74) is 0.566. The third kappa shape index (κ3) is 4.26. The highest BCUT2D eigenvalue weighted by Gasteiger charge is 2.40. The third-order valence-electron chi connectivity index (χ3n) is 4.54. The summed E-state index contributed by atoms with van der Waals surface area (Å²) < 4.78 is 10.5. The second-order valence-electron chi connectivity index (χ2n) is 6.42. The normalized spacial score (nSPS) is 23.5. The van der Waals surface area contributed by atoms with E-state index in [1.165, 1.54) is 0 Å². The first-order chi connectivity index (χ1) is 11.7. The van der Waals surface area contributed by atoms with Gasteiger partial charge in [-0.05, 0) is 43.4 Å². The van der Waals surface area contributed by atoms with E-state index >= 15 is 0 Å². The molecule has 1 saturated heterocycles. The number of carbonyl (C=O) groups is 2. The number of piperidine rings is 1. The number of hydrogen-bond donors (Lipinski definition) is 2. The molecule has 130 valence electrons. The van der Waals surface area contributed by atoms with E-state index in [1.807, 2.05) is 6.07 Å². The Bertz CT molecular complexity index is 600. The molecular weight excluding hydrogens is 308 g/mol. The van der Waals surface area contributed by atoms with Crippen molar-refractivity contribution in [1.29, 1.82) is 0 Å². The Morgan fingerprint density at radius 2 is 2.12 bits per heavy atom. The van der Waals surface area contributed by atoms with Crippen LogP contribution in [0.3, 0.4) is 0 Å². The minimum absolute atomic E-state index is 0.000709. The van der Waals surface area contributed by atoms with Crippen LogP contribution in [-0.4, -0.2) is 44.2 Å². The van der Waals surface area contributed by atoms with Crippen molar-refractivity contribution < 1.29 is 19.1 Å². The van der Waals surface area contributed by atoms with Crippen LogP contribution in [0, 0.1) is 5.92 Å². The van der Waals surface area contributed by atoms with E-state index in [0.29, 0.717) is 43.3 Å². The van der Waals surface area contributed by atoms with Crippen LogP contribution in [0.4, 0.5) is 0 Å². The molecule has 0 bridgehead atoms. The van der Waals surface area contributed by atoms with Crippen LogP contribution in [-0.2, 0) is 9.53 Å². The summed E-state index contributed by atoms with van der Waals surface area (Å²) in [5, 5.41) is 6.13. The lowest BCUT2D eigenvalue weighted by Gasteiger charge is -2.33. The fourth-order valence-electron chi connectivity index (χ4n) is 3.11. The Labute approximate surface area is 141 Å². The van der Waals surface area contributed by atoms with E-state index in [1.54, 1.807) is 25.3 Å². The van der Waals surface area contributed by atoms with E-state index in [2.05, 4.69) is 10.6 Å². The molecule has 2 atom stereocenters. The van der Waals surface area contributed by atoms with Crippen LogP contribution in [0.1, 0.15) is 36.0 Å². The zero-order valence-electron chi connectivity index (χ0n) is 13.9. The molecule has 2 aliphatic rings. The predicted molar refractivity (Wildman–Crippen MR) is 89.0 cm³/mol. The topological polar surface area (TPSA) is 76.7 Å². The quantitative estimate of drug-likeness (QED) is 0.742. The van der Waals surface area contributed by atoms with Crippen molar-refractivity contribution in [2.24, 2.45) is 5.92 Å². The van der Waals surface area contributed by atoms with Crippen molar-refractivity contribution in [1.82, 2.24) is 10.6 Å². The number of carbonyl (C=O) groups excluding carboxylic acids is 2. The second-order valence-corrected chi connectivity index (χ2v) is 6.42. The lowest BCUT2D eigenvalue weighted by molar-refractivity contribution is -0.124. The summed E-state index contributed by atoms with van der Waals surface area (Å²) in [4.78, 5) is 24.2. The SMILES string of the molecule is COCCOc1cccc(C(=O)N[C@@H]2CCC(=O)N[C@@H]2C2CC2)c1. The molecule has 1 aromatic carbocycles. The number of benzene rings is 1. The fourth-order valence-corrected chi connectivity index (χ4v) is 3.11. The number of hydrogen-bond acceptors (Lipinski definition) is 4. The molecule has 1 heterocycles. The highest BCUT2D eigenvalue weighted by molar-refractivity contribution is 5.95. The number of methoxy groups -OCH3 is 1. The Morgan fingerprint density at radius 3 is 2.88 bits per heavy atom. The van der Waals surface area contributed by atoms with Crippen molar-refractivity contribution in [3.05, 3.63) is 29.8 Å². The van der Waals surface area contributed by atoms with E-state index in [4.69, 9.17) is 9.47 Å². The van der Waals surface area contributed by atoms with Gasteiger partial charge in [-0.2, -0.15) is 0 Å². The van der Waals surface area contributed by atoms with Gasteiger partial charge in [-0.25, -0.2) is 0 Å². The average molecular weight is 332 g/mol. The largest absolute Gasteiger partial charge is 0.491 e. The van der Waals surface area contributed by atoms with Crippen LogP contribution in [0.5, 0.6) is 5.75 Å². The summed E-state index contributed by atoms with van der Waals surface area (Å²) in [6.45, 7) is 0.946. The van der Waals surface area contributed by atoms with Gasteiger partial charge in [0.2, 0.25) is 5.91 Å². The Balaban J connectivity index is 1.61. The maximum absolute atomic E-state index is 12.6. The standard InChI is InChI=1S/C18H24N2O4/c1-23-9-10-24-14-4-2-3-13(11-14)18(22)19-15-7-8-16(21)20-17(15)12-5-6-12/h2-4,11-12,15,17H,5-10H2,1H3,(H,19,22)(H,20,21)/t15-,17-/m1/s1. The van der Waals surface area contributed by atoms with E-state index in [-0.39, 0.29) is 23.9 Å². The van der Waals surface area contributed by atoms with Gasteiger partial charge in [0.1, 0.15) is 12.4 Å². The summed E-state index contributed by atoms with van der Waals surface area (Å²) in [5.74, 6) is 1.11. The first-order valence-corrected chi connectivity index (χ1v) is 8.49. The highest BCUT2D eigenvalue weighted by atomic mass is 16.5. The van der Waals surface area contributed by atoms with E-state index in [0.717, 1.165) is 12.8 Å². The third-order valence-corrected chi connectivity index (χ3v) is 4.54. The maximum Gasteiger partial charge on any atom is 0.251 e. The van der Waals surface area contributed by atoms with Gasteiger partial charge in [0.05, 0.1) is 18.7 Å². The van der Waals surface area contributed by atoms with Crippen LogP contribution in [0.25, 0.3) is 0 Å². The van der Waals surface area contributed by atoms with Crippen LogP contribution in [0.15, 0.2) is 24.3 Å². The number of ether oxygens (including phenoxy) is 2. The average Bonchev–Trinajstić information content (AvgIpc) is 3.42. The number of rotatable bonds is 7. The molecule has 1 aliphatic carbocycles. The Kier molecular flexibility index (Phi) is 5.35. The smallest absolute Gasteiger partial charge is 0.251 e. The molecule has 24 heavy (non-hydrogen) atoms. The van der Waals surface area contributed by atoms with Gasteiger partial charge in [-0.3, -0.25) is 9.59 Å². The van der Waals surface area contributed by atoms with Crippen molar-refractivity contribution in [2.75, 3.05) is 20.3 Å². The lowest BCUT2D eigenvalue weighted by atomic mass is 9.94. The van der Waals surface area contributed by atoms with E-state index in [9.17, 15) is 9.59 Å². The molecule has 1 aromatic rings. The van der Waals surface area contributed by atoms with Crippen LogP contribution < -0.4 is 15.4 Å². The maximum atomic E-state index is 12.6. The predicted octanol–water partition coefficient (Wildman–Crippen LogP) is 1.50. The molecule has 1 aliphatic heterocycles. The van der Waals surface area contributed by atoms with Crippen molar-refractivity contribution in [2.45, 2.75) is 37.8 Å². The van der Waals surface area contributed by atoms with Crippen LogP contribution >= 0.6 is 0 Å². The molecule has 0 unspecified atom stereocenters. The molecule has 0 spiro atoms. The molecular formula is C18H24N2O4. The first-order valence-electron chi connectivity index (χ1n) is 8.49. The van der Waals surface area contributed by atoms with Crippen LogP contribution in [0.2, 0.25) is 0 Å². The summed E-state index contributed by atoms with van der Waals surface area (Å²) in [6.07, 6.45) is 3.41. The first kappa shape index (κ1) is 16.8. The molecule has 6 heteroatoms. The zero-order chi connectivity index (χ0) is 16.9. The van der Waals surface area contributed by atoms with Gasteiger partial charge in [-0.15, -0.1) is 0 Å². The van der Waals surface area contributed by atoms with Crippen molar-refractivity contribution in [3.63, 3.8) is 0 Å². The van der Waals surface area contributed by atoms with Gasteiger partial charge in [0.25, 0.3) is 5.91 Å². The molecule has 0 aromatic heterocycles. The van der Waals surface area contributed by atoms with Gasteiger partial charge in [0, 0.05) is 19.1 Å². The second kappa shape index (κ2) is 7.66. The molecule has 2 amide bonds. The monoisotopic (exact) mass is 332 g/mol. The Morgan fingerprint density at radius 1 is 1.29 bits per heavy atom. The summed E-state index contributed by atoms with van der Waals surface area (Å²) >= 11 is 0. The lowest BCUT2D eigenvalue weighted by Crippen LogP contribution is -2.56. The molecule has 6 nitrogen and oxygen atoms in total. The van der Waals surface area contributed by atoms with Gasteiger partial charge >= 0.3 is 0 Å². The van der Waals surface area contributed by atoms with Gasteiger partial charge in [0.15, 0.2) is 0 Å².